The maximum atomic E-state index is 13.6. The molecule has 0 saturated carbocycles. The molecule has 1 heterocycles. The molecule has 6 nitrogen and oxygen atoms in total. The quantitative estimate of drug-likeness (QED) is 0.779. The molecule has 108 valence electrons. The fraction of sp³-hybridized carbons (Fsp3) is 0.167. The van der Waals surface area contributed by atoms with Crippen LogP contribution < -0.4 is 9.46 Å². The van der Waals surface area contributed by atoms with E-state index in [1.54, 1.807) is 0 Å². The third-order valence-electron chi connectivity index (χ3n) is 2.61. The average Bonchev–Trinajstić information content (AvgIpc) is 2.91. The molecule has 0 aliphatic rings. The first-order chi connectivity index (χ1) is 9.46. The number of nitrogens with one attached hydrogen (secondary N) is 2. The van der Waals surface area contributed by atoms with Gasteiger partial charge in [0.2, 0.25) is 0 Å². The van der Waals surface area contributed by atoms with Gasteiger partial charge in [0.1, 0.15) is 16.5 Å². The average molecular weight is 300 g/mol. The highest BCUT2D eigenvalue weighted by Crippen LogP contribution is 2.24. The maximum absolute atomic E-state index is 13.6. The molecule has 0 unspecified atom stereocenters. The lowest BCUT2D eigenvalue weighted by Crippen LogP contribution is -2.13. The van der Waals surface area contributed by atoms with E-state index >= 15 is 0 Å². The SMILES string of the molecule is COc1ccc(F)c(NS(=O)(=O)c2c[nH]c(CO)c2)c1. The number of ether oxygens (including phenoxy) is 1. The van der Waals surface area contributed by atoms with Crippen molar-refractivity contribution in [3.05, 3.63) is 42.0 Å². The molecule has 3 N–H and O–H groups in total. The van der Waals surface area contributed by atoms with Crippen LogP contribution in [-0.4, -0.2) is 25.6 Å². The molecular weight excluding hydrogens is 287 g/mol. The van der Waals surface area contributed by atoms with Gasteiger partial charge in [0.15, 0.2) is 0 Å². The highest BCUT2D eigenvalue weighted by molar-refractivity contribution is 7.92. The minimum absolute atomic E-state index is 0.0937. The number of rotatable bonds is 5. The summed E-state index contributed by atoms with van der Waals surface area (Å²) in [5.41, 5.74) is 0.132. The van der Waals surface area contributed by atoms with Crippen LogP contribution in [0.25, 0.3) is 0 Å². The van der Waals surface area contributed by atoms with Crippen molar-refractivity contribution in [2.45, 2.75) is 11.5 Å². The molecule has 0 bridgehead atoms. The van der Waals surface area contributed by atoms with E-state index in [1.165, 1.54) is 31.5 Å². The second kappa shape index (κ2) is 5.51. The van der Waals surface area contributed by atoms with Gasteiger partial charge < -0.3 is 14.8 Å². The summed E-state index contributed by atoms with van der Waals surface area (Å²) in [7, 11) is -2.54. The lowest BCUT2D eigenvalue weighted by atomic mass is 10.3. The van der Waals surface area contributed by atoms with E-state index < -0.39 is 15.8 Å². The molecule has 0 saturated heterocycles. The summed E-state index contributed by atoms with van der Waals surface area (Å²) in [6.45, 7) is -0.316. The molecule has 0 atom stereocenters. The van der Waals surface area contributed by atoms with Crippen LogP contribution in [0.15, 0.2) is 35.4 Å². The van der Waals surface area contributed by atoms with Crippen molar-refractivity contribution in [2.75, 3.05) is 11.8 Å². The van der Waals surface area contributed by atoms with Crippen molar-refractivity contribution in [3.63, 3.8) is 0 Å². The molecule has 0 aliphatic heterocycles. The van der Waals surface area contributed by atoms with E-state index in [2.05, 4.69) is 9.71 Å². The number of anilines is 1. The number of aliphatic hydroxyl groups is 1. The number of hydrogen-bond acceptors (Lipinski definition) is 4. The molecule has 2 rings (SSSR count). The van der Waals surface area contributed by atoms with E-state index in [4.69, 9.17) is 9.84 Å². The zero-order chi connectivity index (χ0) is 14.8. The van der Waals surface area contributed by atoms with Gasteiger partial charge in [0.25, 0.3) is 10.0 Å². The third kappa shape index (κ3) is 2.91. The number of aromatic nitrogens is 1. The summed E-state index contributed by atoms with van der Waals surface area (Å²) in [6.07, 6.45) is 1.21. The molecule has 0 aliphatic carbocycles. The molecule has 2 aromatic rings. The Morgan fingerprint density at radius 2 is 2.15 bits per heavy atom. The molecule has 0 amide bonds. The standard InChI is InChI=1S/C12H13FN2O4S/c1-19-9-2-3-11(13)12(5-9)15-20(17,18)10-4-8(7-16)14-6-10/h2-6,14-16H,7H2,1H3. The molecule has 0 radical (unpaired) electrons. The highest BCUT2D eigenvalue weighted by Gasteiger charge is 2.18. The third-order valence-corrected chi connectivity index (χ3v) is 3.96. The van der Waals surface area contributed by atoms with Gasteiger partial charge in [-0.2, -0.15) is 0 Å². The summed E-state index contributed by atoms with van der Waals surface area (Å²) >= 11 is 0. The van der Waals surface area contributed by atoms with Crippen molar-refractivity contribution >= 4 is 15.7 Å². The number of halogens is 1. The largest absolute Gasteiger partial charge is 0.497 e. The Hall–Kier alpha value is -2.06. The van der Waals surface area contributed by atoms with E-state index in [1.807, 2.05) is 0 Å². The second-order valence-corrected chi connectivity index (χ2v) is 5.65. The molecule has 1 aromatic heterocycles. The van der Waals surface area contributed by atoms with Crippen molar-refractivity contribution in [3.8, 4) is 5.75 Å². The number of aromatic amines is 1. The summed E-state index contributed by atoms with van der Waals surface area (Å²) in [4.78, 5) is 2.50. The topological polar surface area (TPSA) is 91.4 Å². The smallest absolute Gasteiger partial charge is 0.263 e. The van der Waals surface area contributed by atoms with Crippen molar-refractivity contribution < 1.29 is 22.7 Å². The van der Waals surface area contributed by atoms with Gasteiger partial charge in [-0.05, 0) is 18.2 Å². The van der Waals surface area contributed by atoms with Crippen LogP contribution in [0, 0.1) is 5.82 Å². The van der Waals surface area contributed by atoms with Gasteiger partial charge in [0.05, 0.1) is 19.4 Å². The van der Waals surface area contributed by atoms with E-state index in [0.717, 1.165) is 6.07 Å². The van der Waals surface area contributed by atoms with Gasteiger partial charge in [-0.15, -0.1) is 0 Å². The monoisotopic (exact) mass is 300 g/mol. The highest BCUT2D eigenvalue weighted by atomic mass is 32.2. The Bertz CT molecular complexity index is 712. The predicted octanol–water partition coefficient (Wildman–Crippen LogP) is 1.46. The number of benzene rings is 1. The predicted molar refractivity (Wildman–Crippen MR) is 70.5 cm³/mol. The molecule has 20 heavy (non-hydrogen) atoms. The maximum Gasteiger partial charge on any atom is 0.263 e. The molecule has 8 heteroatoms. The zero-order valence-electron chi connectivity index (χ0n) is 10.6. The Labute approximate surface area is 115 Å². The number of hydrogen-bond donors (Lipinski definition) is 3. The number of H-pyrrole nitrogens is 1. The molecular formula is C12H13FN2O4S. The Balaban J connectivity index is 2.32. The number of methoxy groups -OCH3 is 1. The van der Waals surface area contributed by atoms with Gasteiger partial charge in [-0.1, -0.05) is 0 Å². The summed E-state index contributed by atoms with van der Waals surface area (Å²) < 4.78 is 44.8. The first-order valence-electron chi connectivity index (χ1n) is 5.61. The Morgan fingerprint density at radius 3 is 2.75 bits per heavy atom. The van der Waals surface area contributed by atoms with Crippen LogP contribution in [0.4, 0.5) is 10.1 Å². The van der Waals surface area contributed by atoms with Gasteiger partial charge in [-0.3, -0.25) is 4.72 Å². The minimum Gasteiger partial charge on any atom is -0.497 e. The van der Waals surface area contributed by atoms with Crippen LogP contribution in [0.2, 0.25) is 0 Å². The fourth-order valence-corrected chi connectivity index (χ4v) is 2.65. The van der Waals surface area contributed by atoms with Gasteiger partial charge >= 0.3 is 0 Å². The second-order valence-electron chi connectivity index (χ2n) is 3.97. The van der Waals surface area contributed by atoms with Gasteiger partial charge in [0, 0.05) is 18.0 Å². The van der Waals surface area contributed by atoms with Crippen LogP contribution in [0.5, 0.6) is 5.75 Å². The first kappa shape index (κ1) is 14.4. The van der Waals surface area contributed by atoms with Crippen molar-refractivity contribution in [1.29, 1.82) is 0 Å². The van der Waals surface area contributed by atoms with Crippen LogP contribution in [0.3, 0.4) is 0 Å². The Morgan fingerprint density at radius 1 is 1.40 bits per heavy atom. The summed E-state index contributed by atoms with van der Waals surface area (Å²) in [6, 6.07) is 4.99. The molecule has 1 aromatic carbocycles. The van der Waals surface area contributed by atoms with Crippen LogP contribution in [-0.2, 0) is 16.6 Å². The molecule has 0 fully saturated rings. The van der Waals surface area contributed by atoms with E-state index in [-0.39, 0.29) is 17.2 Å². The molecule has 0 spiro atoms. The van der Waals surface area contributed by atoms with E-state index in [9.17, 15) is 12.8 Å². The fourth-order valence-electron chi connectivity index (χ4n) is 1.58. The van der Waals surface area contributed by atoms with Crippen molar-refractivity contribution in [1.82, 2.24) is 4.98 Å². The van der Waals surface area contributed by atoms with Crippen LogP contribution in [0.1, 0.15) is 5.69 Å². The van der Waals surface area contributed by atoms with Crippen molar-refractivity contribution in [2.24, 2.45) is 0 Å². The number of aliphatic hydroxyl groups excluding tert-OH is 1. The number of sulfonamides is 1. The normalized spacial score (nSPS) is 11.3. The first-order valence-corrected chi connectivity index (χ1v) is 7.09. The minimum atomic E-state index is -3.94. The Kier molecular flexibility index (Phi) is 3.96. The van der Waals surface area contributed by atoms with Crippen LogP contribution >= 0.6 is 0 Å². The lowest BCUT2D eigenvalue weighted by molar-refractivity contribution is 0.277. The summed E-state index contributed by atoms with van der Waals surface area (Å²) in [5, 5.41) is 8.90. The lowest BCUT2D eigenvalue weighted by Gasteiger charge is -2.09. The zero-order valence-corrected chi connectivity index (χ0v) is 11.4. The van der Waals surface area contributed by atoms with Gasteiger partial charge in [-0.25, -0.2) is 12.8 Å². The van der Waals surface area contributed by atoms with E-state index in [0.29, 0.717) is 11.4 Å². The summed E-state index contributed by atoms with van der Waals surface area (Å²) in [5.74, 6) is -0.387.